The standard InChI is InChI=1S/C16H25ClFN/c1-4-10-19-11-13(12(5-2)6-3)16-14(17)8-7-9-15(16)18/h7-9,12-13,19H,4-6,10-11H2,1-3H3. The van der Waals surface area contributed by atoms with Gasteiger partial charge in [0.05, 0.1) is 0 Å². The van der Waals surface area contributed by atoms with E-state index in [1.165, 1.54) is 6.07 Å². The lowest BCUT2D eigenvalue weighted by molar-refractivity contribution is 0.370. The maximum absolute atomic E-state index is 14.1. The lowest BCUT2D eigenvalue weighted by atomic mass is 9.82. The average Bonchev–Trinajstić information content (AvgIpc) is 2.39. The van der Waals surface area contributed by atoms with Gasteiger partial charge in [0.2, 0.25) is 0 Å². The highest BCUT2D eigenvalue weighted by Crippen LogP contribution is 2.35. The molecule has 1 atom stereocenters. The van der Waals surface area contributed by atoms with Crippen molar-refractivity contribution in [3.63, 3.8) is 0 Å². The summed E-state index contributed by atoms with van der Waals surface area (Å²) in [6.07, 6.45) is 3.17. The zero-order valence-corrected chi connectivity index (χ0v) is 12.9. The fraction of sp³-hybridized carbons (Fsp3) is 0.625. The second-order valence-corrected chi connectivity index (χ2v) is 5.43. The van der Waals surface area contributed by atoms with Gasteiger partial charge in [0.25, 0.3) is 0 Å². The maximum Gasteiger partial charge on any atom is 0.128 e. The molecule has 0 spiro atoms. The van der Waals surface area contributed by atoms with E-state index >= 15 is 0 Å². The van der Waals surface area contributed by atoms with E-state index in [2.05, 4.69) is 26.1 Å². The van der Waals surface area contributed by atoms with Crippen LogP contribution >= 0.6 is 11.6 Å². The average molecular weight is 286 g/mol. The van der Waals surface area contributed by atoms with E-state index in [0.717, 1.165) is 32.4 Å². The lowest BCUT2D eigenvalue weighted by Crippen LogP contribution is -2.28. The third-order valence-electron chi connectivity index (χ3n) is 3.78. The summed E-state index contributed by atoms with van der Waals surface area (Å²) in [4.78, 5) is 0. The summed E-state index contributed by atoms with van der Waals surface area (Å²) in [6, 6.07) is 4.97. The molecule has 1 aromatic carbocycles. The monoisotopic (exact) mass is 285 g/mol. The molecule has 108 valence electrons. The van der Waals surface area contributed by atoms with Crippen LogP contribution < -0.4 is 5.32 Å². The summed E-state index contributed by atoms with van der Waals surface area (Å²) < 4.78 is 14.1. The van der Waals surface area contributed by atoms with Gasteiger partial charge in [-0.2, -0.15) is 0 Å². The Balaban J connectivity index is 3.00. The van der Waals surface area contributed by atoms with Crippen LogP contribution in [0.25, 0.3) is 0 Å². The van der Waals surface area contributed by atoms with Crippen LogP contribution in [0, 0.1) is 11.7 Å². The van der Waals surface area contributed by atoms with Gasteiger partial charge in [-0.25, -0.2) is 4.39 Å². The summed E-state index contributed by atoms with van der Waals surface area (Å²) in [7, 11) is 0. The molecule has 3 heteroatoms. The van der Waals surface area contributed by atoms with Crippen molar-refractivity contribution in [1.82, 2.24) is 5.32 Å². The Morgan fingerprint density at radius 3 is 2.42 bits per heavy atom. The Bertz CT molecular complexity index is 357. The molecule has 1 nitrogen and oxygen atoms in total. The Labute approximate surface area is 121 Å². The predicted molar refractivity (Wildman–Crippen MR) is 81.4 cm³/mol. The van der Waals surface area contributed by atoms with Crippen molar-refractivity contribution in [1.29, 1.82) is 0 Å². The Morgan fingerprint density at radius 1 is 1.21 bits per heavy atom. The number of hydrogen-bond donors (Lipinski definition) is 1. The van der Waals surface area contributed by atoms with E-state index in [4.69, 9.17) is 11.6 Å². The summed E-state index contributed by atoms with van der Waals surface area (Å²) >= 11 is 6.23. The first-order chi connectivity index (χ1) is 9.15. The normalized spacial score (nSPS) is 12.9. The van der Waals surface area contributed by atoms with Gasteiger partial charge in [0.15, 0.2) is 0 Å². The highest BCUT2D eigenvalue weighted by atomic mass is 35.5. The van der Waals surface area contributed by atoms with Crippen LogP contribution in [-0.2, 0) is 0 Å². The van der Waals surface area contributed by atoms with Gasteiger partial charge >= 0.3 is 0 Å². The molecular formula is C16H25ClFN. The van der Waals surface area contributed by atoms with Crippen molar-refractivity contribution in [3.8, 4) is 0 Å². The van der Waals surface area contributed by atoms with Crippen LogP contribution in [-0.4, -0.2) is 13.1 Å². The Hall–Kier alpha value is -0.600. The van der Waals surface area contributed by atoms with Crippen LogP contribution in [0.1, 0.15) is 51.5 Å². The minimum absolute atomic E-state index is 0.148. The van der Waals surface area contributed by atoms with Gasteiger partial charge < -0.3 is 5.32 Å². The molecule has 0 aliphatic heterocycles. The molecule has 0 amide bonds. The first-order valence-corrected chi connectivity index (χ1v) is 7.68. The van der Waals surface area contributed by atoms with E-state index < -0.39 is 0 Å². The molecule has 0 aromatic heterocycles. The molecule has 0 saturated heterocycles. The minimum Gasteiger partial charge on any atom is -0.316 e. The predicted octanol–water partition coefficient (Wildman–Crippen LogP) is 5.00. The summed E-state index contributed by atoms with van der Waals surface area (Å²) in [5.41, 5.74) is 0.682. The molecule has 0 bridgehead atoms. The second kappa shape index (κ2) is 8.55. The van der Waals surface area contributed by atoms with Gasteiger partial charge in [-0.05, 0) is 31.0 Å². The van der Waals surface area contributed by atoms with Crippen molar-refractivity contribution < 1.29 is 4.39 Å². The van der Waals surface area contributed by atoms with Crippen molar-refractivity contribution in [2.45, 2.75) is 46.0 Å². The zero-order valence-electron chi connectivity index (χ0n) is 12.2. The van der Waals surface area contributed by atoms with Crippen LogP contribution in [0.4, 0.5) is 4.39 Å². The highest BCUT2D eigenvalue weighted by molar-refractivity contribution is 6.31. The first kappa shape index (κ1) is 16.5. The van der Waals surface area contributed by atoms with E-state index in [1.807, 2.05) is 0 Å². The number of rotatable bonds is 8. The molecular weight excluding hydrogens is 261 g/mol. The molecule has 0 saturated carbocycles. The smallest absolute Gasteiger partial charge is 0.128 e. The number of nitrogens with one attached hydrogen (secondary N) is 1. The second-order valence-electron chi connectivity index (χ2n) is 5.02. The van der Waals surface area contributed by atoms with Crippen molar-refractivity contribution in [2.24, 2.45) is 5.92 Å². The van der Waals surface area contributed by atoms with E-state index in [9.17, 15) is 4.39 Å². The summed E-state index contributed by atoms with van der Waals surface area (Å²) in [5, 5.41) is 3.96. The van der Waals surface area contributed by atoms with Gasteiger partial charge in [0.1, 0.15) is 5.82 Å². The van der Waals surface area contributed by atoms with E-state index in [0.29, 0.717) is 16.5 Å². The van der Waals surface area contributed by atoms with Crippen molar-refractivity contribution in [3.05, 3.63) is 34.6 Å². The SMILES string of the molecule is CCCNCC(c1c(F)cccc1Cl)C(CC)CC. The molecule has 1 aromatic rings. The van der Waals surface area contributed by atoms with Crippen LogP contribution in [0.2, 0.25) is 5.02 Å². The van der Waals surface area contributed by atoms with E-state index in [1.54, 1.807) is 12.1 Å². The van der Waals surface area contributed by atoms with Crippen LogP contribution in [0.5, 0.6) is 0 Å². The minimum atomic E-state index is -0.178. The molecule has 0 fully saturated rings. The Morgan fingerprint density at radius 2 is 1.89 bits per heavy atom. The number of halogens is 2. The number of hydrogen-bond acceptors (Lipinski definition) is 1. The maximum atomic E-state index is 14.1. The topological polar surface area (TPSA) is 12.0 Å². The third-order valence-corrected chi connectivity index (χ3v) is 4.11. The van der Waals surface area contributed by atoms with Gasteiger partial charge in [0, 0.05) is 23.0 Å². The van der Waals surface area contributed by atoms with Gasteiger partial charge in [-0.1, -0.05) is 51.3 Å². The molecule has 1 N–H and O–H groups in total. The quantitative estimate of drug-likeness (QED) is 0.663. The summed E-state index contributed by atoms with van der Waals surface area (Å²) in [6.45, 7) is 8.21. The molecule has 0 aliphatic rings. The van der Waals surface area contributed by atoms with Crippen LogP contribution in [0.3, 0.4) is 0 Å². The first-order valence-electron chi connectivity index (χ1n) is 7.30. The van der Waals surface area contributed by atoms with Crippen LogP contribution in [0.15, 0.2) is 18.2 Å². The van der Waals surface area contributed by atoms with Gasteiger partial charge in [-0.15, -0.1) is 0 Å². The van der Waals surface area contributed by atoms with Crippen molar-refractivity contribution in [2.75, 3.05) is 13.1 Å². The fourth-order valence-corrected chi connectivity index (χ4v) is 2.96. The Kier molecular flexibility index (Phi) is 7.40. The zero-order chi connectivity index (χ0) is 14.3. The summed E-state index contributed by atoms with van der Waals surface area (Å²) in [5.74, 6) is 0.428. The fourth-order valence-electron chi connectivity index (χ4n) is 2.66. The third kappa shape index (κ3) is 4.47. The number of benzene rings is 1. The van der Waals surface area contributed by atoms with E-state index in [-0.39, 0.29) is 11.7 Å². The molecule has 0 aliphatic carbocycles. The molecule has 0 radical (unpaired) electrons. The van der Waals surface area contributed by atoms with Crippen molar-refractivity contribution >= 4 is 11.6 Å². The highest BCUT2D eigenvalue weighted by Gasteiger charge is 2.25. The molecule has 19 heavy (non-hydrogen) atoms. The largest absolute Gasteiger partial charge is 0.316 e. The molecule has 1 unspecified atom stereocenters. The lowest BCUT2D eigenvalue weighted by Gasteiger charge is -2.27. The molecule has 0 heterocycles. The molecule has 1 rings (SSSR count). The van der Waals surface area contributed by atoms with Gasteiger partial charge in [-0.3, -0.25) is 0 Å².